The molecule has 2 aliphatic rings. The van der Waals surface area contributed by atoms with Crippen LogP contribution < -0.4 is 4.90 Å². The number of anilines is 1. The number of carbonyl (C=O) groups is 1. The zero-order valence-electron chi connectivity index (χ0n) is 9.24. The molecule has 1 aliphatic carbocycles. The van der Waals surface area contributed by atoms with E-state index in [4.69, 9.17) is 0 Å². The van der Waals surface area contributed by atoms with E-state index in [9.17, 15) is 9.18 Å². The molecule has 0 radical (unpaired) electrons. The number of halogens is 1. The molecule has 1 saturated carbocycles. The van der Waals surface area contributed by atoms with E-state index in [2.05, 4.69) is 0 Å². The Hall–Kier alpha value is -1.38. The third kappa shape index (κ3) is 1.27. The fraction of sp³-hybridized carbons (Fsp3) is 0.462. The number of carbonyl (C=O) groups excluding carboxylic acids is 1. The third-order valence-corrected chi connectivity index (χ3v) is 3.79. The van der Waals surface area contributed by atoms with Crippen molar-refractivity contribution in [1.29, 1.82) is 0 Å². The molecule has 2 bridgehead atoms. The van der Waals surface area contributed by atoms with E-state index in [-0.39, 0.29) is 17.6 Å². The van der Waals surface area contributed by atoms with Crippen molar-refractivity contribution in [1.82, 2.24) is 0 Å². The lowest BCUT2D eigenvalue weighted by molar-refractivity contribution is -0.121. The molecular weight excluding hydrogens is 205 g/mol. The molecule has 1 heterocycles. The van der Waals surface area contributed by atoms with Crippen LogP contribution in [0.15, 0.2) is 18.2 Å². The first-order chi connectivity index (χ1) is 7.66. The lowest BCUT2D eigenvalue weighted by Crippen LogP contribution is -2.36. The number of benzene rings is 1. The molecule has 3 heteroatoms. The molecule has 0 spiro atoms. The maximum Gasteiger partial charge on any atom is 0.230 e. The molecule has 16 heavy (non-hydrogen) atoms. The van der Waals surface area contributed by atoms with E-state index >= 15 is 0 Å². The first-order valence-corrected chi connectivity index (χ1v) is 5.76. The zero-order chi connectivity index (χ0) is 11.3. The quantitative estimate of drug-likeness (QED) is 0.711. The predicted octanol–water partition coefficient (Wildman–Crippen LogP) is 2.65. The van der Waals surface area contributed by atoms with Gasteiger partial charge in [0.2, 0.25) is 5.91 Å². The monoisotopic (exact) mass is 219 g/mol. The standard InChI is InChI=1S/C13H14FNO/c1-8-2-4-11(7-12(8)14)15-10-5-3-9(6-10)13(15)16/h2,4,7,9-10H,3,5-6H2,1H3. The topological polar surface area (TPSA) is 20.3 Å². The molecule has 3 rings (SSSR count). The Morgan fingerprint density at radius 2 is 2.19 bits per heavy atom. The van der Waals surface area contributed by atoms with Gasteiger partial charge in [0.1, 0.15) is 5.82 Å². The smallest absolute Gasteiger partial charge is 0.230 e. The van der Waals surface area contributed by atoms with Gasteiger partial charge in [-0.15, -0.1) is 0 Å². The Morgan fingerprint density at radius 1 is 1.38 bits per heavy atom. The highest BCUT2D eigenvalue weighted by atomic mass is 19.1. The summed E-state index contributed by atoms with van der Waals surface area (Å²) in [6.07, 6.45) is 3.02. The molecular formula is C13H14FNO. The number of hydrogen-bond acceptors (Lipinski definition) is 1. The highest BCUT2D eigenvalue weighted by molar-refractivity contribution is 5.98. The van der Waals surface area contributed by atoms with Crippen LogP contribution in [-0.2, 0) is 4.79 Å². The Morgan fingerprint density at radius 3 is 2.81 bits per heavy atom. The van der Waals surface area contributed by atoms with Crippen molar-refractivity contribution < 1.29 is 9.18 Å². The van der Waals surface area contributed by atoms with Crippen molar-refractivity contribution in [2.24, 2.45) is 5.92 Å². The van der Waals surface area contributed by atoms with Crippen molar-refractivity contribution in [2.45, 2.75) is 32.2 Å². The highest BCUT2D eigenvalue weighted by Crippen LogP contribution is 2.41. The number of piperidine rings is 1. The van der Waals surface area contributed by atoms with Crippen LogP contribution >= 0.6 is 0 Å². The fourth-order valence-corrected chi connectivity index (χ4v) is 2.86. The number of nitrogens with zero attached hydrogens (tertiary/aromatic N) is 1. The van der Waals surface area contributed by atoms with Crippen LogP contribution in [0, 0.1) is 18.7 Å². The summed E-state index contributed by atoms with van der Waals surface area (Å²) >= 11 is 0. The lowest BCUT2D eigenvalue weighted by Gasteiger charge is -2.27. The second-order valence-electron chi connectivity index (χ2n) is 4.81. The van der Waals surface area contributed by atoms with Gasteiger partial charge >= 0.3 is 0 Å². The van der Waals surface area contributed by atoms with Gasteiger partial charge in [-0.25, -0.2) is 4.39 Å². The summed E-state index contributed by atoms with van der Waals surface area (Å²) in [6, 6.07) is 5.37. The number of hydrogen-bond donors (Lipinski definition) is 0. The van der Waals surface area contributed by atoms with E-state index < -0.39 is 0 Å². The highest BCUT2D eigenvalue weighted by Gasteiger charge is 2.45. The first-order valence-electron chi connectivity index (χ1n) is 5.76. The van der Waals surface area contributed by atoms with Crippen molar-refractivity contribution >= 4 is 11.6 Å². The summed E-state index contributed by atoms with van der Waals surface area (Å²) in [5.41, 5.74) is 1.35. The van der Waals surface area contributed by atoms with Crippen molar-refractivity contribution in [3.05, 3.63) is 29.6 Å². The average Bonchev–Trinajstić information content (AvgIpc) is 2.83. The maximum atomic E-state index is 13.5. The van der Waals surface area contributed by atoms with Gasteiger partial charge in [0.25, 0.3) is 0 Å². The van der Waals surface area contributed by atoms with Crippen LogP contribution in [0.3, 0.4) is 0 Å². The van der Waals surface area contributed by atoms with Crippen molar-refractivity contribution in [3.8, 4) is 0 Å². The van der Waals surface area contributed by atoms with Gasteiger partial charge in [0.05, 0.1) is 0 Å². The first kappa shape index (κ1) is 9.82. The Kier molecular flexibility index (Phi) is 2.03. The van der Waals surface area contributed by atoms with Crippen molar-refractivity contribution in [3.63, 3.8) is 0 Å². The molecule has 2 atom stereocenters. The van der Waals surface area contributed by atoms with Gasteiger partial charge in [-0.1, -0.05) is 6.07 Å². The third-order valence-electron chi connectivity index (χ3n) is 3.79. The number of aryl methyl sites for hydroxylation is 1. The van der Waals surface area contributed by atoms with E-state index in [0.717, 1.165) is 24.9 Å². The molecule has 0 aromatic heterocycles. The van der Waals surface area contributed by atoms with Crippen LogP contribution in [-0.4, -0.2) is 11.9 Å². The maximum absolute atomic E-state index is 13.5. The molecule has 1 saturated heterocycles. The summed E-state index contributed by atoms with van der Waals surface area (Å²) < 4.78 is 13.5. The SMILES string of the molecule is Cc1ccc(N2C(=O)C3CCC2C3)cc1F. The molecule has 0 N–H and O–H groups in total. The van der Waals surface area contributed by atoms with Gasteiger partial charge in [-0.2, -0.15) is 0 Å². The normalized spacial score (nSPS) is 27.9. The van der Waals surface area contributed by atoms with Crippen LogP contribution in [0.2, 0.25) is 0 Å². The van der Waals surface area contributed by atoms with E-state index in [1.165, 1.54) is 6.07 Å². The zero-order valence-corrected chi connectivity index (χ0v) is 9.24. The summed E-state index contributed by atoms with van der Waals surface area (Å²) in [5, 5.41) is 0. The van der Waals surface area contributed by atoms with Gasteiger partial charge in [0.15, 0.2) is 0 Å². The summed E-state index contributed by atoms with van der Waals surface area (Å²) in [5.74, 6) is 0.141. The lowest BCUT2D eigenvalue weighted by atomic mass is 10.1. The van der Waals surface area contributed by atoms with Gasteiger partial charge in [0, 0.05) is 17.6 Å². The molecule has 1 aliphatic heterocycles. The molecule has 1 amide bonds. The van der Waals surface area contributed by atoms with E-state index in [1.54, 1.807) is 17.9 Å². The second-order valence-corrected chi connectivity index (χ2v) is 4.81. The summed E-state index contributed by atoms with van der Waals surface area (Å²) in [6.45, 7) is 1.73. The van der Waals surface area contributed by atoms with Gasteiger partial charge in [-0.3, -0.25) is 4.79 Å². The van der Waals surface area contributed by atoms with Crippen LogP contribution in [0.25, 0.3) is 0 Å². The predicted molar refractivity (Wildman–Crippen MR) is 59.8 cm³/mol. The molecule has 1 aromatic carbocycles. The van der Waals surface area contributed by atoms with E-state index in [1.807, 2.05) is 6.07 Å². The minimum absolute atomic E-state index is 0.180. The van der Waals surface area contributed by atoms with E-state index in [0.29, 0.717) is 11.6 Å². The van der Waals surface area contributed by atoms with Crippen LogP contribution in [0.1, 0.15) is 24.8 Å². The largest absolute Gasteiger partial charge is 0.309 e. The van der Waals surface area contributed by atoms with Crippen LogP contribution in [0.4, 0.5) is 10.1 Å². The van der Waals surface area contributed by atoms with Crippen LogP contribution in [0.5, 0.6) is 0 Å². The minimum Gasteiger partial charge on any atom is -0.309 e. The number of rotatable bonds is 1. The molecule has 84 valence electrons. The number of fused-ring (bicyclic) bond motifs is 2. The molecule has 2 nitrogen and oxygen atoms in total. The molecule has 2 unspecified atom stereocenters. The molecule has 2 fully saturated rings. The Balaban J connectivity index is 1.98. The van der Waals surface area contributed by atoms with Gasteiger partial charge in [-0.05, 0) is 43.9 Å². The van der Waals surface area contributed by atoms with Gasteiger partial charge < -0.3 is 4.90 Å². The average molecular weight is 219 g/mol. The minimum atomic E-state index is -0.229. The summed E-state index contributed by atoms with van der Waals surface area (Å²) in [7, 11) is 0. The number of amides is 1. The Labute approximate surface area is 94.1 Å². The Bertz CT molecular complexity index is 457. The molecule has 1 aromatic rings. The summed E-state index contributed by atoms with van der Waals surface area (Å²) in [4.78, 5) is 13.8. The van der Waals surface area contributed by atoms with Crippen molar-refractivity contribution in [2.75, 3.05) is 4.90 Å². The second kappa shape index (κ2) is 3.30. The fourth-order valence-electron chi connectivity index (χ4n) is 2.86.